The maximum atomic E-state index is 4.48. The Hall–Kier alpha value is -1.44. The maximum absolute atomic E-state index is 4.48. The highest BCUT2D eigenvalue weighted by molar-refractivity contribution is 5.80. The lowest BCUT2D eigenvalue weighted by Gasteiger charge is -2.02. The molecule has 0 aliphatic carbocycles. The molecule has 2 aromatic heterocycles. The smallest absolute Gasteiger partial charge is 0.0410 e. The number of nitrogens with zero attached hydrogens (tertiary/aromatic N) is 2. The van der Waals surface area contributed by atoms with Gasteiger partial charge in [-0.1, -0.05) is 26.2 Å². The standard InChI is InChI=1S/C14H18N2/c1-2-3-4-5-6-14-9-13-10-15-8-7-12(13)11-16-14/h7-11H,2-6H2,1H3. The first-order valence-electron chi connectivity index (χ1n) is 6.09. The van der Waals surface area contributed by atoms with Crippen LogP contribution in [-0.4, -0.2) is 9.97 Å². The van der Waals surface area contributed by atoms with Gasteiger partial charge in [-0.2, -0.15) is 0 Å². The van der Waals surface area contributed by atoms with Crippen molar-refractivity contribution in [1.29, 1.82) is 0 Å². The Bertz CT molecular complexity index is 451. The van der Waals surface area contributed by atoms with Crippen molar-refractivity contribution in [2.75, 3.05) is 0 Å². The fourth-order valence-corrected chi connectivity index (χ4v) is 1.89. The highest BCUT2D eigenvalue weighted by Crippen LogP contribution is 2.13. The van der Waals surface area contributed by atoms with Crippen LogP contribution in [0, 0.1) is 0 Å². The molecule has 0 N–H and O–H groups in total. The van der Waals surface area contributed by atoms with Crippen molar-refractivity contribution >= 4 is 10.8 Å². The second-order valence-corrected chi connectivity index (χ2v) is 4.21. The summed E-state index contributed by atoms with van der Waals surface area (Å²) in [4.78, 5) is 8.61. The van der Waals surface area contributed by atoms with Crippen molar-refractivity contribution in [1.82, 2.24) is 9.97 Å². The summed E-state index contributed by atoms with van der Waals surface area (Å²) in [7, 11) is 0. The van der Waals surface area contributed by atoms with Gasteiger partial charge in [-0.15, -0.1) is 0 Å². The second-order valence-electron chi connectivity index (χ2n) is 4.21. The third kappa shape index (κ3) is 2.78. The molecule has 0 radical (unpaired) electrons. The minimum atomic E-state index is 1.09. The molecule has 0 saturated heterocycles. The molecule has 2 heteroatoms. The third-order valence-electron chi connectivity index (χ3n) is 2.87. The van der Waals surface area contributed by atoms with Gasteiger partial charge in [0.1, 0.15) is 0 Å². The molecule has 0 amide bonds. The highest BCUT2D eigenvalue weighted by atomic mass is 14.7. The molecule has 2 heterocycles. The van der Waals surface area contributed by atoms with Gasteiger partial charge in [0.25, 0.3) is 0 Å². The first-order valence-corrected chi connectivity index (χ1v) is 6.09. The molecule has 0 fully saturated rings. The summed E-state index contributed by atoms with van der Waals surface area (Å²) in [6.07, 6.45) is 11.9. The summed E-state index contributed by atoms with van der Waals surface area (Å²) in [6, 6.07) is 4.16. The van der Waals surface area contributed by atoms with Crippen LogP contribution in [0.1, 0.15) is 38.3 Å². The molecule has 0 spiro atoms. The third-order valence-corrected chi connectivity index (χ3v) is 2.87. The van der Waals surface area contributed by atoms with Crippen molar-refractivity contribution in [3.05, 3.63) is 36.4 Å². The minimum Gasteiger partial charge on any atom is -0.264 e. The molecule has 2 rings (SSSR count). The highest BCUT2D eigenvalue weighted by Gasteiger charge is 1.98. The predicted octanol–water partition coefficient (Wildman–Crippen LogP) is 3.75. The summed E-state index contributed by atoms with van der Waals surface area (Å²) in [6.45, 7) is 2.24. The largest absolute Gasteiger partial charge is 0.264 e. The lowest BCUT2D eigenvalue weighted by Crippen LogP contribution is -1.90. The first kappa shape index (κ1) is 11.1. The number of rotatable bonds is 5. The van der Waals surface area contributed by atoms with Crippen molar-refractivity contribution in [2.24, 2.45) is 0 Å². The summed E-state index contributed by atoms with van der Waals surface area (Å²) in [5, 5.41) is 2.37. The van der Waals surface area contributed by atoms with Crippen molar-refractivity contribution in [3.8, 4) is 0 Å². The Kier molecular flexibility index (Phi) is 3.86. The van der Waals surface area contributed by atoms with Gasteiger partial charge in [0.2, 0.25) is 0 Å². The van der Waals surface area contributed by atoms with E-state index < -0.39 is 0 Å². The zero-order chi connectivity index (χ0) is 11.2. The zero-order valence-corrected chi connectivity index (χ0v) is 9.82. The fraction of sp³-hybridized carbons (Fsp3) is 0.429. The average Bonchev–Trinajstić information content (AvgIpc) is 2.34. The van der Waals surface area contributed by atoms with Crippen LogP contribution < -0.4 is 0 Å². The van der Waals surface area contributed by atoms with Gasteiger partial charge in [-0.25, -0.2) is 0 Å². The lowest BCUT2D eigenvalue weighted by molar-refractivity contribution is 0.661. The Morgan fingerprint density at radius 3 is 2.88 bits per heavy atom. The summed E-state index contributed by atoms with van der Waals surface area (Å²) in [5.74, 6) is 0. The van der Waals surface area contributed by atoms with Gasteiger partial charge in [-0.05, 0) is 25.0 Å². The quantitative estimate of drug-likeness (QED) is 0.708. The van der Waals surface area contributed by atoms with E-state index >= 15 is 0 Å². The average molecular weight is 214 g/mol. The molecular formula is C14H18N2. The van der Waals surface area contributed by atoms with Crippen molar-refractivity contribution in [3.63, 3.8) is 0 Å². The van der Waals surface area contributed by atoms with Gasteiger partial charge >= 0.3 is 0 Å². The van der Waals surface area contributed by atoms with Crippen LogP contribution in [-0.2, 0) is 6.42 Å². The van der Waals surface area contributed by atoms with E-state index in [1.807, 2.05) is 24.7 Å². The zero-order valence-electron chi connectivity index (χ0n) is 9.82. The van der Waals surface area contributed by atoms with Crippen LogP contribution in [0.15, 0.2) is 30.7 Å². The molecule has 0 saturated carbocycles. The maximum Gasteiger partial charge on any atom is 0.0410 e. The number of hydrogen-bond donors (Lipinski definition) is 0. The van der Waals surface area contributed by atoms with Gasteiger partial charge in [0, 0.05) is 35.1 Å². The Morgan fingerprint density at radius 1 is 1.06 bits per heavy atom. The second kappa shape index (κ2) is 5.59. The summed E-state index contributed by atoms with van der Waals surface area (Å²) in [5.41, 5.74) is 1.19. The van der Waals surface area contributed by atoms with Crippen LogP contribution in [0.2, 0.25) is 0 Å². The van der Waals surface area contributed by atoms with E-state index in [4.69, 9.17) is 0 Å². The Labute approximate surface area is 96.7 Å². The molecule has 84 valence electrons. The van der Waals surface area contributed by atoms with E-state index in [1.165, 1.54) is 42.1 Å². The van der Waals surface area contributed by atoms with E-state index in [9.17, 15) is 0 Å². The number of pyridine rings is 2. The summed E-state index contributed by atoms with van der Waals surface area (Å²) < 4.78 is 0. The fourth-order valence-electron chi connectivity index (χ4n) is 1.89. The number of hydrogen-bond acceptors (Lipinski definition) is 2. The molecule has 0 atom stereocenters. The normalized spacial score (nSPS) is 10.8. The lowest BCUT2D eigenvalue weighted by atomic mass is 10.1. The van der Waals surface area contributed by atoms with E-state index in [-0.39, 0.29) is 0 Å². The minimum absolute atomic E-state index is 1.09. The van der Waals surface area contributed by atoms with E-state index in [0.29, 0.717) is 0 Å². The molecule has 0 aliphatic rings. The van der Waals surface area contributed by atoms with Crippen LogP contribution in [0.4, 0.5) is 0 Å². The van der Waals surface area contributed by atoms with E-state index in [1.54, 1.807) is 0 Å². The Morgan fingerprint density at radius 2 is 2.00 bits per heavy atom. The molecule has 16 heavy (non-hydrogen) atoms. The molecule has 0 aromatic carbocycles. The van der Waals surface area contributed by atoms with Crippen LogP contribution in [0.25, 0.3) is 10.8 Å². The van der Waals surface area contributed by atoms with Gasteiger partial charge < -0.3 is 0 Å². The van der Waals surface area contributed by atoms with Crippen LogP contribution in [0.5, 0.6) is 0 Å². The molecular weight excluding hydrogens is 196 g/mol. The monoisotopic (exact) mass is 214 g/mol. The number of fused-ring (bicyclic) bond motifs is 1. The SMILES string of the molecule is CCCCCCc1cc2cnccc2cn1. The molecule has 0 unspecified atom stereocenters. The van der Waals surface area contributed by atoms with Crippen molar-refractivity contribution < 1.29 is 0 Å². The van der Waals surface area contributed by atoms with Gasteiger partial charge in [0.15, 0.2) is 0 Å². The van der Waals surface area contributed by atoms with Gasteiger partial charge in [0.05, 0.1) is 0 Å². The number of aryl methyl sites for hydroxylation is 1. The molecule has 2 aromatic rings. The van der Waals surface area contributed by atoms with Crippen molar-refractivity contribution in [2.45, 2.75) is 39.0 Å². The van der Waals surface area contributed by atoms with E-state index in [2.05, 4.69) is 23.0 Å². The molecule has 0 bridgehead atoms. The molecule has 0 aliphatic heterocycles. The summed E-state index contributed by atoms with van der Waals surface area (Å²) >= 11 is 0. The topological polar surface area (TPSA) is 25.8 Å². The predicted molar refractivity (Wildman–Crippen MR) is 67.4 cm³/mol. The van der Waals surface area contributed by atoms with Crippen LogP contribution >= 0.6 is 0 Å². The van der Waals surface area contributed by atoms with Gasteiger partial charge in [-0.3, -0.25) is 9.97 Å². The molecule has 2 nitrogen and oxygen atoms in total. The number of unbranched alkanes of at least 4 members (excludes halogenated alkanes) is 3. The van der Waals surface area contributed by atoms with E-state index in [0.717, 1.165) is 6.42 Å². The Balaban J connectivity index is 2.02. The van der Waals surface area contributed by atoms with Crippen LogP contribution in [0.3, 0.4) is 0 Å². The number of aromatic nitrogens is 2. The first-order chi connectivity index (χ1) is 7.90.